The van der Waals surface area contributed by atoms with Gasteiger partial charge in [0.1, 0.15) is 0 Å². The van der Waals surface area contributed by atoms with Crippen LogP contribution in [-0.2, 0) is 0 Å². The molecule has 54 valence electrons. The van der Waals surface area contributed by atoms with Crippen molar-refractivity contribution in [3.8, 4) is 0 Å². The third-order valence-corrected chi connectivity index (χ3v) is 1.93. The van der Waals surface area contributed by atoms with E-state index in [1.165, 1.54) is 6.42 Å². The van der Waals surface area contributed by atoms with E-state index in [-0.39, 0.29) is 0 Å². The molecule has 3 nitrogen and oxygen atoms in total. The van der Waals surface area contributed by atoms with Gasteiger partial charge in [-0.3, -0.25) is 5.84 Å². The Balaban J connectivity index is 2.30. The Morgan fingerprint density at radius 2 is 2.22 bits per heavy atom. The monoisotopic (exact) mass is 129 g/mol. The molecule has 1 heterocycles. The van der Waals surface area contributed by atoms with Crippen LogP contribution in [-0.4, -0.2) is 43.1 Å². The fraction of sp³-hybridized carbons (Fsp3) is 1.00. The first-order valence-electron chi connectivity index (χ1n) is 3.36. The molecule has 0 saturated carbocycles. The Morgan fingerprint density at radius 3 is 2.44 bits per heavy atom. The van der Waals surface area contributed by atoms with Gasteiger partial charge in [-0.1, -0.05) is 0 Å². The molecule has 0 aromatic carbocycles. The molecule has 0 aromatic heterocycles. The van der Waals surface area contributed by atoms with Crippen molar-refractivity contribution in [1.29, 1.82) is 0 Å². The first-order valence-corrected chi connectivity index (χ1v) is 3.36. The third kappa shape index (κ3) is 1.64. The predicted octanol–water partition coefficient (Wildman–Crippen LogP) is -0.504. The number of likely N-dealkylation sites (N-methyl/N-ethyl adjacent to an activating group) is 1. The van der Waals surface area contributed by atoms with E-state index in [0.29, 0.717) is 6.04 Å². The van der Waals surface area contributed by atoms with Gasteiger partial charge in [0.05, 0.1) is 0 Å². The Bertz CT molecular complexity index is 92.3. The summed E-state index contributed by atoms with van der Waals surface area (Å²) in [5.41, 5.74) is 0. The second-order valence-electron chi connectivity index (χ2n) is 2.90. The van der Waals surface area contributed by atoms with Gasteiger partial charge in [0.25, 0.3) is 0 Å². The molecule has 9 heavy (non-hydrogen) atoms. The lowest BCUT2D eigenvalue weighted by Gasteiger charge is -2.17. The Morgan fingerprint density at radius 1 is 1.56 bits per heavy atom. The molecule has 1 unspecified atom stereocenters. The lowest BCUT2D eigenvalue weighted by Crippen LogP contribution is -2.34. The topological polar surface area (TPSA) is 32.5 Å². The van der Waals surface area contributed by atoms with Gasteiger partial charge in [0.2, 0.25) is 0 Å². The summed E-state index contributed by atoms with van der Waals surface area (Å²) in [6.07, 6.45) is 1.21. The summed E-state index contributed by atoms with van der Waals surface area (Å²) in [5.74, 6) is 5.57. The zero-order chi connectivity index (χ0) is 6.85. The highest BCUT2D eigenvalue weighted by Crippen LogP contribution is 2.08. The highest BCUT2D eigenvalue weighted by atomic mass is 15.4. The van der Waals surface area contributed by atoms with Crippen LogP contribution in [0.2, 0.25) is 0 Å². The van der Waals surface area contributed by atoms with Crippen molar-refractivity contribution in [3.63, 3.8) is 0 Å². The average Bonchev–Trinajstić information content (AvgIpc) is 2.14. The van der Waals surface area contributed by atoms with Crippen LogP contribution in [0.4, 0.5) is 0 Å². The number of nitrogens with zero attached hydrogens (tertiary/aromatic N) is 2. The smallest absolute Gasteiger partial charge is 0.0285 e. The summed E-state index contributed by atoms with van der Waals surface area (Å²) in [6.45, 7) is 2.07. The Labute approximate surface area is 56.4 Å². The zero-order valence-electron chi connectivity index (χ0n) is 6.17. The minimum Gasteiger partial charge on any atom is -0.305 e. The number of rotatable bonds is 1. The van der Waals surface area contributed by atoms with Gasteiger partial charge in [0, 0.05) is 19.1 Å². The lowest BCUT2D eigenvalue weighted by atomic mass is 10.2. The van der Waals surface area contributed by atoms with E-state index in [9.17, 15) is 0 Å². The summed E-state index contributed by atoms with van der Waals surface area (Å²) in [4.78, 5) is 2.23. The molecule has 0 aromatic rings. The van der Waals surface area contributed by atoms with Crippen LogP contribution < -0.4 is 5.84 Å². The van der Waals surface area contributed by atoms with Gasteiger partial charge in [-0.05, 0) is 20.5 Å². The summed E-state index contributed by atoms with van der Waals surface area (Å²) >= 11 is 0. The number of nitrogens with two attached hydrogens (primary N) is 1. The first-order chi connectivity index (χ1) is 4.20. The standard InChI is InChI=1S/C6H15N3/c1-8(2)6-3-4-9(7)5-6/h6H,3-5,7H2,1-2H3. The van der Waals surface area contributed by atoms with E-state index >= 15 is 0 Å². The molecule has 3 heteroatoms. The Kier molecular flexibility index (Phi) is 2.05. The average molecular weight is 129 g/mol. The van der Waals surface area contributed by atoms with Gasteiger partial charge in [0.15, 0.2) is 0 Å². The Hall–Kier alpha value is -0.120. The molecule has 1 aliphatic rings. The summed E-state index contributed by atoms with van der Waals surface area (Å²) < 4.78 is 0. The quantitative estimate of drug-likeness (QED) is 0.484. The van der Waals surface area contributed by atoms with Gasteiger partial charge in [-0.25, -0.2) is 5.01 Å². The highest BCUT2D eigenvalue weighted by molar-refractivity contribution is 4.76. The molecule has 2 N–H and O–H groups in total. The van der Waals surface area contributed by atoms with E-state index in [1.807, 2.05) is 5.01 Å². The second-order valence-corrected chi connectivity index (χ2v) is 2.90. The van der Waals surface area contributed by atoms with Crippen LogP contribution in [0.3, 0.4) is 0 Å². The first kappa shape index (κ1) is 6.99. The molecule has 0 bridgehead atoms. The van der Waals surface area contributed by atoms with E-state index in [4.69, 9.17) is 5.84 Å². The minimum atomic E-state index is 0.676. The van der Waals surface area contributed by atoms with Gasteiger partial charge >= 0.3 is 0 Å². The predicted molar refractivity (Wildman–Crippen MR) is 37.9 cm³/mol. The van der Waals surface area contributed by atoms with Crippen LogP contribution >= 0.6 is 0 Å². The molecular formula is C6H15N3. The lowest BCUT2D eigenvalue weighted by molar-refractivity contribution is 0.273. The molecule has 0 amide bonds. The SMILES string of the molecule is CN(C)C1CCN(N)C1. The molecule has 0 spiro atoms. The van der Waals surface area contributed by atoms with Crippen molar-refractivity contribution < 1.29 is 0 Å². The molecule has 0 aliphatic carbocycles. The van der Waals surface area contributed by atoms with E-state index in [0.717, 1.165) is 13.1 Å². The van der Waals surface area contributed by atoms with Crippen molar-refractivity contribution in [2.75, 3.05) is 27.2 Å². The fourth-order valence-electron chi connectivity index (χ4n) is 1.19. The van der Waals surface area contributed by atoms with Crippen molar-refractivity contribution in [2.24, 2.45) is 5.84 Å². The van der Waals surface area contributed by atoms with Gasteiger partial charge in [-0.15, -0.1) is 0 Å². The maximum Gasteiger partial charge on any atom is 0.0285 e. The van der Waals surface area contributed by atoms with Crippen LogP contribution in [0.5, 0.6) is 0 Å². The molecule has 0 radical (unpaired) electrons. The third-order valence-electron chi connectivity index (χ3n) is 1.93. The minimum absolute atomic E-state index is 0.676. The number of hydrogen-bond donors (Lipinski definition) is 1. The number of hydrogen-bond acceptors (Lipinski definition) is 3. The van der Waals surface area contributed by atoms with Crippen LogP contribution in [0.1, 0.15) is 6.42 Å². The highest BCUT2D eigenvalue weighted by Gasteiger charge is 2.20. The van der Waals surface area contributed by atoms with E-state index in [2.05, 4.69) is 19.0 Å². The summed E-state index contributed by atoms with van der Waals surface area (Å²) in [7, 11) is 4.20. The summed E-state index contributed by atoms with van der Waals surface area (Å²) in [6, 6.07) is 0.676. The maximum atomic E-state index is 5.57. The second kappa shape index (κ2) is 2.64. The molecular weight excluding hydrogens is 114 g/mol. The van der Waals surface area contributed by atoms with Gasteiger partial charge in [-0.2, -0.15) is 0 Å². The maximum absolute atomic E-state index is 5.57. The van der Waals surface area contributed by atoms with Crippen molar-refractivity contribution in [1.82, 2.24) is 9.91 Å². The van der Waals surface area contributed by atoms with Crippen LogP contribution in [0.15, 0.2) is 0 Å². The summed E-state index contributed by atoms with van der Waals surface area (Å²) in [5, 5.41) is 1.88. The molecule has 1 atom stereocenters. The normalized spacial score (nSPS) is 30.0. The molecule has 1 rings (SSSR count). The van der Waals surface area contributed by atoms with Crippen molar-refractivity contribution in [2.45, 2.75) is 12.5 Å². The van der Waals surface area contributed by atoms with E-state index < -0.39 is 0 Å². The van der Waals surface area contributed by atoms with Crippen molar-refractivity contribution in [3.05, 3.63) is 0 Å². The molecule has 1 fully saturated rings. The number of hydrazine groups is 1. The largest absolute Gasteiger partial charge is 0.305 e. The van der Waals surface area contributed by atoms with Crippen LogP contribution in [0, 0.1) is 0 Å². The van der Waals surface area contributed by atoms with Gasteiger partial charge < -0.3 is 4.90 Å². The molecule has 1 saturated heterocycles. The van der Waals surface area contributed by atoms with Crippen molar-refractivity contribution >= 4 is 0 Å². The fourth-order valence-corrected chi connectivity index (χ4v) is 1.19. The van der Waals surface area contributed by atoms with Crippen LogP contribution in [0.25, 0.3) is 0 Å². The van der Waals surface area contributed by atoms with E-state index in [1.54, 1.807) is 0 Å². The molecule has 1 aliphatic heterocycles. The zero-order valence-corrected chi connectivity index (χ0v) is 6.17.